The van der Waals surface area contributed by atoms with E-state index in [9.17, 15) is 4.79 Å². The van der Waals surface area contributed by atoms with Gasteiger partial charge in [-0.1, -0.05) is 13.8 Å². The quantitative estimate of drug-likeness (QED) is 0.796. The summed E-state index contributed by atoms with van der Waals surface area (Å²) in [6.07, 6.45) is 1.68. The number of likely N-dealkylation sites (N-methyl/N-ethyl adjacent to an activating group) is 1. The minimum atomic E-state index is -0.0358. The Morgan fingerprint density at radius 2 is 2.09 bits per heavy atom. The van der Waals surface area contributed by atoms with Gasteiger partial charge in [-0.25, -0.2) is 9.78 Å². The molecule has 6 nitrogen and oxygen atoms in total. The number of methoxy groups -OCH3 is 1. The third kappa shape index (κ3) is 6.76. The molecule has 22 heavy (non-hydrogen) atoms. The molecule has 0 fully saturated rings. The fourth-order valence-corrected chi connectivity index (χ4v) is 2.00. The summed E-state index contributed by atoms with van der Waals surface area (Å²) in [5.41, 5.74) is 0.970. The molecule has 0 aliphatic carbocycles. The summed E-state index contributed by atoms with van der Waals surface area (Å²) >= 11 is 0. The predicted molar refractivity (Wildman–Crippen MR) is 88.0 cm³/mol. The van der Waals surface area contributed by atoms with Gasteiger partial charge in [-0.3, -0.25) is 0 Å². The van der Waals surface area contributed by atoms with E-state index in [1.807, 2.05) is 31.1 Å². The molecular formula is C16H28N4O2. The molecule has 0 aromatic carbocycles. The van der Waals surface area contributed by atoms with Crippen LogP contribution in [0, 0.1) is 5.92 Å². The third-order valence-electron chi connectivity index (χ3n) is 3.14. The van der Waals surface area contributed by atoms with Crippen molar-refractivity contribution in [2.24, 2.45) is 5.92 Å². The van der Waals surface area contributed by atoms with Crippen LogP contribution in [-0.2, 0) is 6.54 Å². The van der Waals surface area contributed by atoms with Crippen LogP contribution in [0.2, 0.25) is 0 Å². The van der Waals surface area contributed by atoms with E-state index in [4.69, 9.17) is 4.74 Å². The van der Waals surface area contributed by atoms with Crippen LogP contribution in [0.15, 0.2) is 18.3 Å². The minimum absolute atomic E-state index is 0.0358. The van der Waals surface area contributed by atoms with Crippen molar-refractivity contribution in [1.29, 1.82) is 0 Å². The topological polar surface area (TPSA) is 57.7 Å². The van der Waals surface area contributed by atoms with E-state index in [0.29, 0.717) is 18.3 Å². The van der Waals surface area contributed by atoms with Gasteiger partial charge in [0.2, 0.25) is 5.88 Å². The van der Waals surface area contributed by atoms with Crippen molar-refractivity contribution in [3.8, 4) is 5.88 Å². The van der Waals surface area contributed by atoms with E-state index < -0.39 is 0 Å². The average Bonchev–Trinajstić information content (AvgIpc) is 2.48. The Bertz CT molecular complexity index is 463. The Balaban J connectivity index is 2.57. The highest BCUT2D eigenvalue weighted by molar-refractivity contribution is 5.74. The molecule has 2 amide bonds. The summed E-state index contributed by atoms with van der Waals surface area (Å²) in [6.45, 7) is 7.01. The number of rotatable bonds is 8. The van der Waals surface area contributed by atoms with E-state index in [-0.39, 0.29) is 6.03 Å². The molecule has 0 radical (unpaired) electrons. The first-order valence-corrected chi connectivity index (χ1v) is 7.58. The second-order valence-corrected chi connectivity index (χ2v) is 6.01. The number of aromatic nitrogens is 1. The van der Waals surface area contributed by atoms with Gasteiger partial charge < -0.3 is 19.9 Å². The molecule has 1 N–H and O–H groups in total. The Kier molecular flexibility index (Phi) is 7.66. The van der Waals surface area contributed by atoms with Crippen LogP contribution in [-0.4, -0.2) is 61.7 Å². The molecule has 0 aliphatic rings. The lowest BCUT2D eigenvalue weighted by atomic mass is 10.2. The van der Waals surface area contributed by atoms with Gasteiger partial charge in [0.25, 0.3) is 0 Å². The SMILES string of the molecule is COc1cc(CNC(=O)N(CCN(C)C)CC(C)C)ccn1. The summed E-state index contributed by atoms with van der Waals surface area (Å²) in [4.78, 5) is 20.4. The summed E-state index contributed by atoms with van der Waals surface area (Å²) < 4.78 is 5.09. The van der Waals surface area contributed by atoms with Gasteiger partial charge in [-0.2, -0.15) is 0 Å². The maximum atomic E-state index is 12.4. The van der Waals surface area contributed by atoms with Crippen LogP contribution in [0.4, 0.5) is 4.79 Å². The largest absolute Gasteiger partial charge is 0.481 e. The third-order valence-corrected chi connectivity index (χ3v) is 3.14. The normalized spacial score (nSPS) is 10.9. The number of pyridine rings is 1. The van der Waals surface area contributed by atoms with Gasteiger partial charge in [-0.15, -0.1) is 0 Å². The number of nitrogens with one attached hydrogen (secondary N) is 1. The van der Waals surface area contributed by atoms with E-state index >= 15 is 0 Å². The van der Waals surface area contributed by atoms with Crippen molar-refractivity contribution >= 4 is 6.03 Å². The fourth-order valence-electron chi connectivity index (χ4n) is 2.00. The highest BCUT2D eigenvalue weighted by Gasteiger charge is 2.14. The van der Waals surface area contributed by atoms with Crippen molar-refractivity contribution in [3.05, 3.63) is 23.9 Å². The van der Waals surface area contributed by atoms with E-state index in [2.05, 4.69) is 29.0 Å². The molecule has 0 aliphatic heterocycles. The number of carbonyl (C=O) groups excluding carboxylic acids is 1. The minimum Gasteiger partial charge on any atom is -0.481 e. The maximum absolute atomic E-state index is 12.4. The first-order valence-electron chi connectivity index (χ1n) is 7.58. The standard InChI is InChI=1S/C16H28N4O2/c1-13(2)12-20(9-8-19(3)4)16(21)18-11-14-6-7-17-15(10-14)22-5/h6-7,10,13H,8-9,11-12H2,1-5H3,(H,18,21). The first kappa shape index (κ1) is 18.2. The van der Waals surface area contributed by atoms with Crippen LogP contribution in [0.5, 0.6) is 5.88 Å². The van der Waals surface area contributed by atoms with Gasteiger partial charge in [0, 0.05) is 38.4 Å². The zero-order chi connectivity index (χ0) is 16.5. The van der Waals surface area contributed by atoms with Crippen molar-refractivity contribution in [2.45, 2.75) is 20.4 Å². The van der Waals surface area contributed by atoms with E-state index in [1.165, 1.54) is 0 Å². The molecule has 0 saturated heterocycles. The Labute approximate surface area is 133 Å². The zero-order valence-corrected chi connectivity index (χ0v) is 14.3. The number of ether oxygens (including phenoxy) is 1. The molecule has 6 heteroatoms. The van der Waals surface area contributed by atoms with Crippen LogP contribution in [0.25, 0.3) is 0 Å². The summed E-state index contributed by atoms with van der Waals surface area (Å²) in [5.74, 6) is 0.993. The first-order chi connectivity index (χ1) is 10.4. The molecule has 1 aromatic rings. The average molecular weight is 308 g/mol. The Morgan fingerprint density at radius 3 is 2.68 bits per heavy atom. The fraction of sp³-hybridized carbons (Fsp3) is 0.625. The van der Waals surface area contributed by atoms with Crippen LogP contribution >= 0.6 is 0 Å². The van der Waals surface area contributed by atoms with Gasteiger partial charge in [-0.05, 0) is 31.6 Å². The molecule has 124 valence electrons. The van der Waals surface area contributed by atoms with Gasteiger partial charge in [0.1, 0.15) is 0 Å². The second kappa shape index (κ2) is 9.25. The Morgan fingerprint density at radius 1 is 1.36 bits per heavy atom. The number of urea groups is 1. The lowest BCUT2D eigenvalue weighted by molar-refractivity contribution is 0.184. The van der Waals surface area contributed by atoms with E-state index in [0.717, 1.165) is 25.2 Å². The van der Waals surface area contributed by atoms with Crippen molar-refractivity contribution in [1.82, 2.24) is 20.1 Å². The molecular weight excluding hydrogens is 280 g/mol. The smallest absolute Gasteiger partial charge is 0.317 e. The number of carbonyl (C=O) groups is 1. The summed E-state index contributed by atoms with van der Waals surface area (Å²) in [7, 11) is 5.60. The van der Waals surface area contributed by atoms with Gasteiger partial charge >= 0.3 is 6.03 Å². The lowest BCUT2D eigenvalue weighted by Gasteiger charge is -2.26. The highest BCUT2D eigenvalue weighted by atomic mass is 16.5. The molecule has 0 unspecified atom stereocenters. The molecule has 1 rings (SSSR count). The van der Waals surface area contributed by atoms with Crippen LogP contribution in [0.1, 0.15) is 19.4 Å². The lowest BCUT2D eigenvalue weighted by Crippen LogP contribution is -2.44. The number of hydrogen-bond donors (Lipinski definition) is 1. The summed E-state index contributed by atoms with van der Waals surface area (Å²) in [5, 5.41) is 2.96. The molecule has 1 aromatic heterocycles. The second-order valence-electron chi connectivity index (χ2n) is 6.01. The maximum Gasteiger partial charge on any atom is 0.317 e. The molecule has 0 bridgehead atoms. The molecule has 0 saturated carbocycles. The molecule has 1 heterocycles. The zero-order valence-electron chi connectivity index (χ0n) is 14.3. The van der Waals surface area contributed by atoms with E-state index in [1.54, 1.807) is 13.3 Å². The van der Waals surface area contributed by atoms with Gasteiger partial charge in [0.15, 0.2) is 0 Å². The monoisotopic (exact) mass is 308 g/mol. The number of amides is 2. The highest BCUT2D eigenvalue weighted by Crippen LogP contribution is 2.08. The van der Waals surface area contributed by atoms with Crippen molar-refractivity contribution in [3.63, 3.8) is 0 Å². The molecule has 0 atom stereocenters. The van der Waals surface area contributed by atoms with Crippen molar-refractivity contribution < 1.29 is 9.53 Å². The number of hydrogen-bond acceptors (Lipinski definition) is 4. The Hall–Kier alpha value is -1.82. The summed E-state index contributed by atoms with van der Waals surface area (Å²) in [6, 6.07) is 3.66. The predicted octanol–water partition coefficient (Wildman–Crippen LogP) is 1.82. The van der Waals surface area contributed by atoms with Gasteiger partial charge in [0.05, 0.1) is 7.11 Å². The van der Waals surface area contributed by atoms with Crippen LogP contribution in [0.3, 0.4) is 0 Å². The molecule has 0 spiro atoms. The number of nitrogens with zero attached hydrogens (tertiary/aromatic N) is 3. The van der Waals surface area contributed by atoms with Crippen LogP contribution < -0.4 is 10.1 Å². The van der Waals surface area contributed by atoms with Crippen molar-refractivity contribution in [2.75, 3.05) is 40.8 Å².